The van der Waals surface area contributed by atoms with Gasteiger partial charge in [0.15, 0.2) is 0 Å². The van der Waals surface area contributed by atoms with Crippen LogP contribution in [-0.2, 0) is 3.87 Å². The van der Waals surface area contributed by atoms with Crippen LogP contribution in [0.2, 0.25) is 13.1 Å². The highest BCUT2D eigenvalue weighted by molar-refractivity contribution is 7.95. The first-order valence-electron chi connectivity index (χ1n) is 5.59. The molecule has 88 valence electrons. The molecule has 0 saturated carbocycles. The molecule has 0 aliphatic carbocycles. The minimum Gasteiger partial charge on any atom is -0.349 e. The molecule has 3 heteroatoms. The molecule has 0 amide bonds. The SMILES string of the molecule is C=C[Si](C)(C)OSc1ccc2ccccc2c1. The molecule has 2 aromatic rings. The molecule has 17 heavy (non-hydrogen) atoms. The first kappa shape index (κ1) is 12.4. The molecule has 2 rings (SSSR count). The van der Waals surface area contributed by atoms with E-state index in [1.54, 1.807) is 0 Å². The topological polar surface area (TPSA) is 9.23 Å². The van der Waals surface area contributed by atoms with Gasteiger partial charge in [0, 0.05) is 16.9 Å². The predicted molar refractivity (Wildman–Crippen MR) is 78.6 cm³/mol. The third-order valence-electron chi connectivity index (χ3n) is 2.57. The summed E-state index contributed by atoms with van der Waals surface area (Å²) in [4.78, 5) is 1.14. The Morgan fingerprint density at radius 3 is 2.53 bits per heavy atom. The van der Waals surface area contributed by atoms with Crippen molar-refractivity contribution in [2.24, 2.45) is 0 Å². The van der Waals surface area contributed by atoms with Gasteiger partial charge < -0.3 is 3.87 Å². The zero-order valence-corrected chi connectivity index (χ0v) is 12.0. The van der Waals surface area contributed by atoms with E-state index in [4.69, 9.17) is 3.87 Å². The lowest BCUT2D eigenvalue weighted by Crippen LogP contribution is -2.23. The lowest BCUT2D eigenvalue weighted by atomic mass is 10.1. The molecule has 0 unspecified atom stereocenters. The van der Waals surface area contributed by atoms with Crippen molar-refractivity contribution in [3.05, 3.63) is 54.7 Å². The normalized spacial score (nSPS) is 11.6. The Labute approximate surface area is 108 Å². The van der Waals surface area contributed by atoms with E-state index in [0.29, 0.717) is 0 Å². The molecule has 0 spiro atoms. The van der Waals surface area contributed by atoms with E-state index in [0.717, 1.165) is 4.90 Å². The van der Waals surface area contributed by atoms with E-state index in [1.807, 2.05) is 5.70 Å². The molecular formula is C14H16OSSi. The van der Waals surface area contributed by atoms with Gasteiger partial charge in [0.2, 0.25) is 8.32 Å². The maximum atomic E-state index is 5.85. The summed E-state index contributed by atoms with van der Waals surface area (Å²) in [5.74, 6) is 0. The van der Waals surface area contributed by atoms with Crippen LogP contribution in [0.4, 0.5) is 0 Å². The fourth-order valence-corrected chi connectivity index (χ4v) is 3.22. The van der Waals surface area contributed by atoms with Crippen molar-refractivity contribution in [1.82, 2.24) is 0 Å². The summed E-state index contributed by atoms with van der Waals surface area (Å²) in [6, 6.07) is 14.7. The summed E-state index contributed by atoms with van der Waals surface area (Å²) in [6.07, 6.45) is 0. The van der Waals surface area contributed by atoms with Crippen LogP contribution >= 0.6 is 12.0 Å². The van der Waals surface area contributed by atoms with Gasteiger partial charge in [0.1, 0.15) is 0 Å². The van der Waals surface area contributed by atoms with Gasteiger partial charge in [0.25, 0.3) is 0 Å². The molecule has 0 fully saturated rings. The molecule has 0 heterocycles. The Hall–Kier alpha value is -1.03. The summed E-state index contributed by atoms with van der Waals surface area (Å²) in [5.41, 5.74) is 1.95. The van der Waals surface area contributed by atoms with E-state index in [1.165, 1.54) is 22.8 Å². The largest absolute Gasteiger partial charge is 0.349 e. The van der Waals surface area contributed by atoms with E-state index in [2.05, 4.69) is 62.1 Å². The van der Waals surface area contributed by atoms with E-state index < -0.39 is 8.32 Å². The summed E-state index contributed by atoms with van der Waals surface area (Å²) in [5, 5.41) is 2.51. The molecule has 2 aromatic carbocycles. The first-order valence-corrected chi connectivity index (χ1v) is 9.31. The second-order valence-electron chi connectivity index (χ2n) is 4.48. The highest BCUT2D eigenvalue weighted by atomic mass is 32.2. The van der Waals surface area contributed by atoms with Gasteiger partial charge in [-0.05, 0) is 36.0 Å². The van der Waals surface area contributed by atoms with Crippen LogP contribution < -0.4 is 0 Å². The van der Waals surface area contributed by atoms with Crippen molar-refractivity contribution in [2.75, 3.05) is 0 Å². The fourth-order valence-electron chi connectivity index (χ4n) is 1.41. The molecule has 0 aromatic heterocycles. The highest BCUT2D eigenvalue weighted by Crippen LogP contribution is 2.27. The van der Waals surface area contributed by atoms with Gasteiger partial charge >= 0.3 is 0 Å². The smallest absolute Gasteiger partial charge is 0.228 e. The second-order valence-corrected chi connectivity index (χ2v) is 9.40. The minimum atomic E-state index is -1.70. The van der Waals surface area contributed by atoms with Gasteiger partial charge in [-0.25, -0.2) is 0 Å². The fraction of sp³-hybridized carbons (Fsp3) is 0.143. The second kappa shape index (κ2) is 5.08. The van der Waals surface area contributed by atoms with Gasteiger partial charge in [-0.2, -0.15) is 0 Å². The molecule has 0 radical (unpaired) electrons. The summed E-state index contributed by atoms with van der Waals surface area (Å²) in [7, 11) is -1.70. The van der Waals surface area contributed by atoms with Gasteiger partial charge in [-0.15, -0.1) is 6.58 Å². The van der Waals surface area contributed by atoms with E-state index in [9.17, 15) is 0 Å². The number of rotatable bonds is 4. The van der Waals surface area contributed by atoms with Crippen molar-refractivity contribution in [3.63, 3.8) is 0 Å². The maximum Gasteiger partial charge on any atom is 0.228 e. The molecular weight excluding hydrogens is 244 g/mol. The predicted octanol–water partition coefficient (Wildman–Crippen LogP) is 4.79. The lowest BCUT2D eigenvalue weighted by molar-refractivity contribution is 0.658. The van der Waals surface area contributed by atoms with Crippen LogP contribution in [0.15, 0.2) is 59.6 Å². The summed E-state index contributed by atoms with van der Waals surface area (Å²) < 4.78 is 5.85. The Morgan fingerprint density at radius 1 is 1.12 bits per heavy atom. The maximum absolute atomic E-state index is 5.85. The highest BCUT2D eigenvalue weighted by Gasteiger charge is 2.18. The third kappa shape index (κ3) is 3.22. The number of fused-ring (bicyclic) bond motifs is 1. The number of hydrogen-bond acceptors (Lipinski definition) is 2. The molecule has 0 atom stereocenters. The molecule has 0 saturated heterocycles. The van der Waals surface area contributed by atoms with Crippen molar-refractivity contribution in [3.8, 4) is 0 Å². The summed E-state index contributed by atoms with van der Waals surface area (Å²) >= 11 is 1.46. The van der Waals surface area contributed by atoms with E-state index >= 15 is 0 Å². The zero-order chi connectivity index (χ0) is 12.3. The van der Waals surface area contributed by atoms with Crippen molar-refractivity contribution < 1.29 is 3.87 Å². The molecule has 0 aliphatic rings. The van der Waals surface area contributed by atoms with Gasteiger partial charge in [-0.3, -0.25) is 0 Å². The standard InChI is InChI=1S/C14H16OSSi/c1-4-17(2,3)15-16-14-10-9-12-7-5-6-8-13(12)11-14/h4-11H,1H2,2-3H3. The van der Waals surface area contributed by atoms with Crippen molar-refractivity contribution >= 4 is 31.1 Å². The van der Waals surface area contributed by atoms with Gasteiger partial charge in [0.05, 0.1) is 0 Å². The van der Waals surface area contributed by atoms with Crippen LogP contribution in [0.25, 0.3) is 10.8 Å². The Kier molecular flexibility index (Phi) is 3.71. The molecule has 0 aliphatic heterocycles. The monoisotopic (exact) mass is 260 g/mol. The molecule has 1 nitrogen and oxygen atoms in total. The molecule has 0 N–H and O–H groups in total. The minimum absolute atomic E-state index is 1.14. The average molecular weight is 260 g/mol. The lowest BCUT2D eigenvalue weighted by Gasteiger charge is -2.16. The Balaban J connectivity index is 2.17. The van der Waals surface area contributed by atoms with Crippen LogP contribution in [0.5, 0.6) is 0 Å². The third-order valence-corrected chi connectivity index (χ3v) is 6.05. The number of benzene rings is 2. The van der Waals surface area contributed by atoms with Crippen molar-refractivity contribution in [1.29, 1.82) is 0 Å². The first-order chi connectivity index (χ1) is 8.11. The van der Waals surface area contributed by atoms with Crippen LogP contribution in [0.3, 0.4) is 0 Å². The van der Waals surface area contributed by atoms with E-state index in [-0.39, 0.29) is 0 Å². The van der Waals surface area contributed by atoms with Crippen molar-refractivity contribution in [2.45, 2.75) is 18.0 Å². The van der Waals surface area contributed by atoms with Gasteiger partial charge in [-0.1, -0.05) is 36.0 Å². The van der Waals surface area contributed by atoms with Crippen LogP contribution in [-0.4, -0.2) is 8.32 Å². The Bertz CT molecular complexity index is 536. The zero-order valence-electron chi connectivity index (χ0n) is 10.1. The average Bonchev–Trinajstić information content (AvgIpc) is 2.36. The quantitative estimate of drug-likeness (QED) is 0.577. The Morgan fingerprint density at radius 2 is 1.82 bits per heavy atom. The van der Waals surface area contributed by atoms with Crippen LogP contribution in [0.1, 0.15) is 0 Å². The number of hydrogen-bond donors (Lipinski definition) is 0. The van der Waals surface area contributed by atoms with Crippen LogP contribution in [0, 0.1) is 0 Å². The molecule has 0 bridgehead atoms. The summed E-state index contributed by atoms with van der Waals surface area (Å²) in [6.45, 7) is 8.08.